The smallest absolute Gasteiger partial charge is 0.340 e. The van der Waals surface area contributed by atoms with E-state index >= 15 is 0 Å². The van der Waals surface area contributed by atoms with Gasteiger partial charge in [0.25, 0.3) is 5.91 Å². The van der Waals surface area contributed by atoms with E-state index in [0.717, 1.165) is 5.69 Å². The zero-order valence-electron chi connectivity index (χ0n) is 16.5. The summed E-state index contributed by atoms with van der Waals surface area (Å²) in [6.45, 7) is 3.07. The zero-order chi connectivity index (χ0) is 22.7. The Morgan fingerprint density at radius 3 is 2.65 bits per heavy atom. The maximum Gasteiger partial charge on any atom is 0.340 e. The Morgan fingerprint density at radius 2 is 2.00 bits per heavy atom. The predicted molar refractivity (Wildman–Crippen MR) is 107 cm³/mol. The van der Waals surface area contributed by atoms with Crippen LogP contribution in [0.4, 0.5) is 14.6 Å². The number of nitriles is 1. The number of esters is 1. The highest BCUT2D eigenvalue weighted by molar-refractivity contribution is 6.33. The van der Waals surface area contributed by atoms with Crippen LogP contribution in [0.25, 0.3) is 0 Å². The standard InChI is InChI=1S/C21H16ClF2N3O4/c1-11-12(2)27(9-13-4-3-5-30-13)20(15(11)8-25)26-19(28)10-31-21(29)14-6-17(23)18(24)7-16(14)22/h3-7H,9-10H2,1-2H3,(H,26,28). The Hall–Kier alpha value is -3.64. The van der Waals surface area contributed by atoms with Crippen LogP contribution >= 0.6 is 11.6 Å². The Labute approximate surface area is 180 Å². The van der Waals surface area contributed by atoms with Gasteiger partial charge in [-0.3, -0.25) is 4.79 Å². The molecule has 2 heterocycles. The fourth-order valence-corrected chi connectivity index (χ4v) is 3.17. The number of furan rings is 1. The van der Waals surface area contributed by atoms with Gasteiger partial charge in [0.1, 0.15) is 17.6 Å². The van der Waals surface area contributed by atoms with Crippen molar-refractivity contribution >= 4 is 29.3 Å². The quantitative estimate of drug-likeness (QED) is 0.447. The second-order valence-electron chi connectivity index (χ2n) is 6.58. The number of nitrogens with one attached hydrogen (secondary N) is 1. The van der Waals surface area contributed by atoms with E-state index in [1.807, 2.05) is 0 Å². The summed E-state index contributed by atoms with van der Waals surface area (Å²) < 4.78 is 38.4. The number of ether oxygens (including phenoxy) is 1. The number of halogens is 3. The summed E-state index contributed by atoms with van der Waals surface area (Å²) in [6.07, 6.45) is 1.51. The van der Waals surface area contributed by atoms with Crippen LogP contribution in [0.2, 0.25) is 5.02 Å². The molecule has 1 aromatic carbocycles. The molecule has 0 atom stereocenters. The lowest BCUT2D eigenvalue weighted by molar-refractivity contribution is -0.119. The monoisotopic (exact) mass is 447 g/mol. The first-order valence-corrected chi connectivity index (χ1v) is 9.34. The predicted octanol–water partition coefficient (Wildman–Crippen LogP) is 4.35. The molecule has 0 bridgehead atoms. The number of rotatable bonds is 6. The molecule has 0 aliphatic rings. The molecular weight excluding hydrogens is 432 g/mol. The van der Waals surface area contributed by atoms with E-state index in [4.69, 9.17) is 20.8 Å². The van der Waals surface area contributed by atoms with Crippen LogP contribution in [0.1, 0.15) is 32.9 Å². The van der Waals surface area contributed by atoms with Crippen molar-refractivity contribution in [3.05, 3.63) is 75.3 Å². The summed E-state index contributed by atoms with van der Waals surface area (Å²) in [5, 5.41) is 11.7. The van der Waals surface area contributed by atoms with E-state index in [1.54, 1.807) is 30.5 Å². The maximum atomic E-state index is 13.4. The minimum absolute atomic E-state index is 0.223. The molecule has 0 unspecified atom stereocenters. The van der Waals surface area contributed by atoms with Gasteiger partial charge in [-0.05, 0) is 43.7 Å². The molecule has 0 spiro atoms. The number of carbonyl (C=O) groups excluding carboxylic acids is 2. The van der Waals surface area contributed by atoms with Crippen LogP contribution in [-0.4, -0.2) is 23.1 Å². The molecule has 0 radical (unpaired) electrons. The van der Waals surface area contributed by atoms with E-state index in [0.29, 0.717) is 23.5 Å². The van der Waals surface area contributed by atoms with Crippen molar-refractivity contribution < 1.29 is 27.5 Å². The topological polar surface area (TPSA) is 97.3 Å². The summed E-state index contributed by atoms with van der Waals surface area (Å²) in [6, 6.07) is 6.75. The molecule has 0 saturated carbocycles. The Kier molecular flexibility index (Phi) is 6.42. The lowest BCUT2D eigenvalue weighted by atomic mass is 10.2. The molecule has 0 aliphatic carbocycles. The van der Waals surface area contributed by atoms with Crippen LogP contribution in [0.3, 0.4) is 0 Å². The van der Waals surface area contributed by atoms with Crippen LogP contribution in [-0.2, 0) is 16.1 Å². The number of anilines is 1. The van der Waals surface area contributed by atoms with Gasteiger partial charge in [0.2, 0.25) is 0 Å². The second-order valence-corrected chi connectivity index (χ2v) is 6.99. The molecule has 10 heteroatoms. The summed E-state index contributed by atoms with van der Waals surface area (Å²) in [5.41, 5.74) is 1.26. The van der Waals surface area contributed by atoms with E-state index in [9.17, 15) is 23.6 Å². The Morgan fingerprint density at radius 1 is 1.29 bits per heavy atom. The summed E-state index contributed by atoms with van der Waals surface area (Å²) in [5.74, 6) is -3.49. The lowest BCUT2D eigenvalue weighted by Crippen LogP contribution is -2.23. The first-order chi connectivity index (χ1) is 14.7. The van der Waals surface area contributed by atoms with Crippen molar-refractivity contribution in [2.24, 2.45) is 0 Å². The molecule has 0 saturated heterocycles. The van der Waals surface area contributed by atoms with Crippen molar-refractivity contribution in [2.45, 2.75) is 20.4 Å². The van der Waals surface area contributed by atoms with Crippen LogP contribution in [0.5, 0.6) is 0 Å². The number of hydrogen-bond donors (Lipinski definition) is 1. The van der Waals surface area contributed by atoms with Gasteiger partial charge < -0.3 is 19.0 Å². The molecule has 3 aromatic rings. The third kappa shape index (κ3) is 4.59. The average Bonchev–Trinajstić information content (AvgIpc) is 3.32. The Bertz CT molecular complexity index is 1200. The fraction of sp³-hybridized carbons (Fsp3) is 0.190. The average molecular weight is 448 g/mol. The molecule has 3 rings (SSSR count). The third-order valence-corrected chi connectivity index (χ3v) is 4.97. The van der Waals surface area contributed by atoms with Gasteiger partial charge in [0, 0.05) is 5.69 Å². The number of benzene rings is 1. The van der Waals surface area contributed by atoms with Gasteiger partial charge in [0.05, 0.1) is 29.0 Å². The van der Waals surface area contributed by atoms with Crippen LogP contribution in [0, 0.1) is 36.8 Å². The van der Waals surface area contributed by atoms with Crippen molar-refractivity contribution in [2.75, 3.05) is 11.9 Å². The molecular formula is C21H16ClF2N3O4. The van der Waals surface area contributed by atoms with E-state index in [-0.39, 0.29) is 22.9 Å². The third-order valence-electron chi connectivity index (χ3n) is 4.66. The molecule has 0 fully saturated rings. The van der Waals surface area contributed by atoms with E-state index < -0.39 is 35.7 Å². The van der Waals surface area contributed by atoms with Crippen molar-refractivity contribution in [3.8, 4) is 6.07 Å². The van der Waals surface area contributed by atoms with Gasteiger partial charge >= 0.3 is 5.97 Å². The van der Waals surface area contributed by atoms with Gasteiger partial charge in [-0.25, -0.2) is 13.6 Å². The number of aromatic nitrogens is 1. The molecule has 1 amide bonds. The highest BCUT2D eigenvalue weighted by Crippen LogP contribution is 2.27. The van der Waals surface area contributed by atoms with Gasteiger partial charge in [0.15, 0.2) is 18.2 Å². The number of nitrogens with zero attached hydrogens (tertiary/aromatic N) is 2. The number of hydrogen-bond acceptors (Lipinski definition) is 5. The summed E-state index contributed by atoms with van der Waals surface area (Å²) in [7, 11) is 0. The molecule has 160 valence electrons. The van der Waals surface area contributed by atoms with Gasteiger partial charge in [-0.2, -0.15) is 5.26 Å². The fourth-order valence-electron chi connectivity index (χ4n) is 2.94. The lowest BCUT2D eigenvalue weighted by Gasteiger charge is -2.12. The number of carbonyl (C=O) groups is 2. The van der Waals surface area contributed by atoms with Gasteiger partial charge in [-0.1, -0.05) is 11.6 Å². The minimum Gasteiger partial charge on any atom is -0.467 e. The first-order valence-electron chi connectivity index (χ1n) is 8.96. The van der Waals surface area contributed by atoms with Crippen molar-refractivity contribution in [3.63, 3.8) is 0 Å². The van der Waals surface area contributed by atoms with E-state index in [1.165, 1.54) is 6.26 Å². The largest absolute Gasteiger partial charge is 0.467 e. The highest BCUT2D eigenvalue weighted by Gasteiger charge is 2.22. The number of amides is 1. The first kappa shape index (κ1) is 22.1. The molecule has 0 aliphatic heterocycles. The van der Waals surface area contributed by atoms with Crippen LogP contribution < -0.4 is 5.32 Å². The zero-order valence-corrected chi connectivity index (χ0v) is 17.2. The van der Waals surface area contributed by atoms with Crippen LogP contribution in [0.15, 0.2) is 34.9 Å². The Balaban J connectivity index is 1.76. The molecule has 1 N–H and O–H groups in total. The molecule has 7 nitrogen and oxygen atoms in total. The minimum atomic E-state index is -1.28. The maximum absolute atomic E-state index is 13.4. The summed E-state index contributed by atoms with van der Waals surface area (Å²) >= 11 is 5.73. The van der Waals surface area contributed by atoms with Crippen molar-refractivity contribution in [1.82, 2.24) is 4.57 Å². The summed E-state index contributed by atoms with van der Waals surface area (Å²) in [4.78, 5) is 24.5. The SMILES string of the molecule is Cc1c(C#N)c(NC(=O)COC(=O)c2cc(F)c(F)cc2Cl)n(Cc2ccco2)c1C. The van der Waals surface area contributed by atoms with Crippen molar-refractivity contribution in [1.29, 1.82) is 5.26 Å². The molecule has 2 aromatic heterocycles. The molecule has 31 heavy (non-hydrogen) atoms. The normalized spacial score (nSPS) is 10.6. The second kappa shape index (κ2) is 9.02. The van der Waals surface area contributed by atoms with Gasteiger partial charge in [-0.15, -0.1) is 0 Å². The highest BCUT2D eigenvalue weighted by atomic mass is 35.5. The van der Waals surface area contributed by atoms with E-state index in [2.05, 4.69) is 11.4 Å².